The lowest BCUT2D eigenvalue weighted by atomic mass is 9.90. The minimum Gasteiger partial charge on any atom is -0.398 e. The molecule has 1 aromatic carbocycles. The van der Waals surface area contributed by atoms with Gasteiger partial charge in [-0.1, -0.05) is 18.2 Å². The zero-order valence-corrected chi connectivity index (χ0v) is 8.98. The number of aromatic nitrogens is 1. The van der Waals surface area contributed by atoms with Crippen molar-refractivity contribution in [2.45, 2.75) is 25.4 Å². The maximum absolute atomic E-state index is 9.98. The number of anilines is 1. The molecule has 1 aromatic heterocycles. The summed E-state index contributed by atoms with van der Waals surface area (Å²) in [5.41, 5.74) is 9.58. The molecule has 1 aliphatic rings. The van der Waals surface area contributed by atoms with Crippen molar-refractivity contribution in [3.05, 3.63) is 35.5 Å². The largest absolute Gasteiger partial charge is 0.398 e. The van der Waals surface area contributed by atoms with Crippen molar-refractivity contribution in [2.75, 3.05) is 5.73 Å². The number of fused-ring (bicyclic) bond motifs is 2. The fourth-order valence-electron chi connectivity index (χ4n) is 2.47. The van der Waals surface area contributed by atoms with E-state index >= 15 is 0 Å². The molecule has 82 valence electrons. The lowest BCUT2D eigenvalue weighted by Crippen LogP contribution is -2.14. The second kappa shape index (κ2) is 3.46. The molecule has 16 heavy (non-hydrogen) atoms. The van der Waals surface area contributed by atoms with Crippen LogP contribution in [0.3, 0.4) is 0 Å². The van der Waals surface area contributed by atoms with Gasteiger partial charge in [-0.25, -0.2) is 0 Å². The standard InChI is InChI=1S/C13H14N2O/c14-13-8-4-1-2-5-9(8)15-10-6-3-7-11(16)12(10)13/h1-2,4-5,11,16H,3,6-7H2,(H2,14,15)/t11-/m0/s1. The number of aliphatic hydroxyl groups is 1. The van der Waals surface area contributed by atoms with Crippen molar-refractivity contribution in [1.82, 2.24) is 4.98 Å². The first-order valence-electron chi connectivity index (χ1n) is 5.62. The van der Waals surface area contributed by atoms with Crippen LogP contribution in [0.4, 0.5) is 5.69 Å². The molecule has 0 aliphatic heterocycles. The Morgan fingerprint density at radius 1 is 1.31 bits per heavy atom. The third-order valence-corrected chi connectivity index (χ3v) is 3.28. The first-order valence-corrected chi connectivity index (χ1v) is 5.62. The van der Waals surface area contributed by atoms with Crippen LogP contribution in [-0.4, -0.2) is 10.1 Å². The lowest BCUT2D eigenvalue weighted by molar-refractivity contribution is 0.156. The van der Waals surface area contributed by atoms with Gasteiger partial charge in [-0.2, -0.15) is 0 Å². The zero-order chi connectivity index (χ0) is 11.1. The van der Waals surface area contributed by atoms with Gasteiger partial charge in [-0.15, -0.1) is 0 Å². The molecule has 0 fully saturated rings. The van der Waals surface area contributed by atoms with Crippen molar-refractivity contribution in [3.8, 4) is 0 Å². The lowest BCUT2D eigenvalue weighted by Gasteiger charge is -2.23. The monoisotopic (exact) mass is 214 g/mol. The molecule has 0 bridgehead atoms. The van der Waals surface area contributed by atoms with E-state index in [0.29, 0.717) is 5.69 Å². The Morgan fingerprint density at radius 2 is 2.12 bits per heavy atom. The van der Waals surface area contributed by atoms with E-state index in [-0.39, 0.29) is 0 Å². The fraction of sp³-hybridized carbons (Fsp3) is 0.308. The summed E-state index contributed by atoms with van der Waals surface area (Å²) in [4.78, 5) is 4.59. The molecule has 0 saturated heterocycles. The van der Waals surface area contributed by atoms with Gasteiger partial charge >= 0.3 is 0 Å². The normalized spacial score (nSPS) is 19.7. The maximum atomic E-state index is 9.98. The minimum absolute atomic E-state index is 0.444. The predicted molar refractivity (Wildman–Crippen MR) is 64.1 cm³/mol. The summed E-state index contributed by atoms with van der Waals surface area (Å²) >= 11 is 0. The summed E-state index contributed by atoms with van der Waals surface area (Å²) in [6.07, 6.45) is 2.25. The summed E-state index contributed by atoms with van der Waals surface area (Å²) in [6, 6.07) is 7.83. The Bertz CT molecular complexity index is 551. The maximum Gasteiger partial charge on any atom is 0.0828 e. The molecule has 1 aliphatic carbocycles. The quantitative estimate of drug-likeness (QED) is 0.706. The molecule has 3 N–H and O–H groups in total. The summed E-state index contributed by atoms with van der Waals surface area (Å²) in [5, 5.41) is 10.9. The van der Waals surface area contributed by atoms with Crippen LogP contribution >= 0.6 is 0 Å². The van der Waals surface area contributed by atoms with E-state index in [1.165, 1.54) is 0 Å². The number of benzene rings is 1. The Kier molecular flexibility index (Phi) is 2.07. The molecular weight excluding hydrogens is 200 g/mol. The molecular formula is C13H14N2O. The second-order valence-electron chi connectivity index (χ2n) is 4.31. The number of hydrogen-bond donors (Lipinski definition) is 2. The third kappa shape index (κ3) is 1.28. The molecule has 3 rings (SSSR count). The topological polar surface area (TPSA) is 59.1 Å². The van der Waals surface area contributed by atoms with Gasteiger partial charge in [0.05, 0.1) is 11.6 Å². The van der Waals surface area contributed by atoms with E-state index in [0.717, 1.165) is 41.4 Å². The number of pyridine rings is 1. The Hall–Kier alpha value is -1.61. The average Bonchev–Trinajstić information content (AvgIpc) is 2.29. The smallest absolute Gasteiger partial charge is 0.0828 e. The minimum atomic E-state index is -0.444. The highest BCUT2D eigenvalue weighted by Crippen LogP contribution is 2.36. The van der Waals surface area contributed by atoms with Gasteiger partial charge in [0.15, 0.2) is 0 Å². The number of aryl methyl sites for hydroxylation is 1. The van der Waals surface area contributed by atoms with Crippen molar-refractivity contribution >= 4 is 16.6 Å². The SMILES string of the molecule is Nc1c2c(nc3ccccc13)CCC[C@@H]2O. The number of aliphatic hydroxyl groups excluding tert-OH is 1. The van der Waals surface area contributed by atoms with E-state index in [4.69, 9.17) is 5.73 Å². The molecule has 0 spiro atoms. The van der Waals surface area contributed by atoms with E-state index in [1.807, 2.05) is 24.3 Å². The third-order valence-electron chi connectivity index (χ3n) is 3.28. The molecule has 0 amide bonds. The number of hydrogen-bond acceptors (Lipinski definition) is 3. The first-order chi connectivity index (χ1) is 7.77. The second-order valence-corrected chi connectivity index (χ2v) is 4.31. The van der Waals surface area contributed by atoms with E-state index < -0.39 is 6.10 Å². The van der Waals surface area contributed by atoms with Crippen molar-refractivity contribution < 1.29 is 5.11 Å². The zero-order valence-electron chi connectivity index (χ0n) is 8.98. The van der Waals surface area contributed by atoms with Crippen LogP contribution in [-0.2, 0) is 6.42 Å². The van der Waals surface area contributed by atoms with Gasteiger partial charge in [0.25, 0.3) is 0 Å². The van der Waals surface area contributed by atoms with Gasteiger partial charge in [0.1, 0.15) is 0 Å². The Labute approximate surface area is 93.9 Å². The van der Waals surface area contributed by atoms with Gasteiger partial charge in [-0.05, 0) is 25.3 Å². The van der Waals surface area contributed by atoms with Gasteiger partial charge in [-0.3, -0.25) is 4.98 Å². The predicted octanol–water partition coefficient (Wildman–Crippen LogP) is 2.19. The summed E-state index contributed by atoms with van der Waals surface area (Å²) in [7, 11) is 0. The van der Waals surface area contributed by atoms with Crippen molar-refractivity contribution in [3.63, 3.8) is 0 Å². The Morgan fingerprint density at radius 3 is 3.00 bits per heavy atom. The highest BCUT2D eigenvalue weighted by atomic mass is 16.3. The molecule has 2 aromatic rings. The van der Waals surface area contributed by atoms with Gasteiger partial charge in [0.2, 0.25) is 0 Å². The summed E-state index contributed by atoms with van der Waals surface area (Å²) in [5.74, 6) is 0. The molecule has 1 atom stereocenters. The van der Waals surface area contributed by atoms with E-state index in [9.17, 15) is 5.11 Å². The molecule has 3 nitrogen and oxygen atoms in total. The molecule has 0 unspecified atom stereocenters. The number of nitrogen functional groups attached to an aromatic ring is 1. The van der Waals surface area contributed by atoms with Crippen LogP contribution in [0.15, 0.2) is 24.3 Å². The average molecular weight is 214 g/mol. The van der Waals surface area contributed by atoms with Crippen LogP contribution in [0, 0.1) is 0 Å². The van der Waals surface area contributed by atoms with Crippen LogP contribution in [0.25, 0.3) is 10.9 Å². The van der Waals surface area contributed by atoms with Crippen molar-refractivity contribution in [1.29, 1.82) is 0 Å². The number of rotatable bonds is 0. The van der Waals surface area contributed by atoms with Crippen molar-refractivity contribution in [2.24, 2.45) is 0 Å². The highest BCUT2D eigenvalue weighted by Gasteiger charge is 2.23. The summed E-state index contributed by atoms with van der Waals surface area (Å²) in [6.45, 7) is 0. The Balaban J connectivity index is 2.36. The van der Waals surface area contributed by atoms with Gasteiger partial charge in [0, 0.05) is 22.3 Å². The molecule has 0 saturated carbocycles. The van der Waals surface area contributed by atoms with Crippen LogP contribution in [0.2, 0.25) is 0 Å². The highest BCUT2D eigenvalue weighted by molar-refractivity contribution is 5.92. The van der Waals surface area contributed by atoms with E-state index in [2.05, 4.69) is 4.98 Å². The number of para-hydroxylation sites is 1. The van der Waals surface area contributed by atoms with Gasteiger partial charge < -0.3 is 10.8 Å². The first kappa shape index (κ1) is 9.60. The fourth-order valence-corrected chi connectivity index (χ4v) is 2.47. The number of nitrogens with zero attached hydrogens (tertiary/aromatic N) is 1. The van der Waals surface area contributed by atoms with Crippen LogP contribution in [0.5, 0.6) is 0 Å². The molecule has 3 heteroatoms. The molecule has 0 radical (unpaired) electrons. The molecule has 1 heterocycles. The van der Waals surface area contributed by atoms with Crippen LogP contribution < -0.4 is 5.73 Å². The van der Waals surface area contributed by atoms with E-state index in [1.54, 1.807) is 0 Å². The van der Waals surface area contributed by atoms with Crippen LogP contribution in [0.1, 0.15) is 30.2 Å². The number of nitrogens with two attached hydrogens (primary N) is 1. The summed E-state index contributed by atoms with van der Waals surface area (Å²) < 4.78 is 0.